The first-order valence-corrected chi connectivity index (χ1v) is 7.34. The van der Waals surface area contributed by atoms with Crippen molar-refractivity contribution in [3.8, 4) is 6.07 Å². The van der Waals surface area contributed by atoms with Crippen LogP contribution in [0.2, 0.25) is 0 Å². The smallest absolute Gasteiger partial charge is 0.137 e. The number of hydrogen-bond donors (Lipinski definition) is 1. The molecule has 0 aromatic carbocycles. The minimum atomic E-state index is 0.463. The normalized spacial score (nSPS) is 10.2. The molecule has 1 N–H and O–H groups in total. The van der Waals surface area contributed by atoms with Crippen molar-refractivity contribution in [2.45, 2.75) is 33.1 Å². The number of anilines is 2. The van der Waals surface area contributed by atoms with Crippen molar-refractivity contribution >= 4 is 11.6 Å². The van der Waals surface area contributed by atoms with Crippen LogP contribution in [0.25, 0.3) is 0 Å². The van der Waals surface area contributed by atoms with Crippen LogP contribution >= 0.6 is 0 Å². The van der Waals surface area contributed by atoms with Gasteiger partial charge in [0.1, 0.15) is 17.5 Å². The quantitative estimate of drug-likeness (QED) is 0.751. The highest BCUT2D eigenvalue weighted by Gasteiger charge is 2.16. The van der Waals surface area contributed by atoms with Gasteiger partial charge in [0.25, 0.3) is 0 Å². The SMILES string of the molecule is CCCc1nc(NC)c(C)c(N(CCC#N)CCOC)n1. The van der Waals surface area contributed by atoms with Crippen molar-refractivity contribution < 1.29 is 4.74 Å². The molecule has 0 spiro atoms. The third-order valence-electron chi connectivity index (χ3n) is 3.24. The lowest BCUT2D eigenvalue weighted by Crippen LogP contribution is -2.30. The van der Waals surface area contributed by atoms with Crippen LogP contribution in [0.5, 0.6) is 0 Å². The lowest BCUT2D eigenvalue weighted by molar-refractivity contribution is 0.205. The second kappa shape index (κ2) is 9.14. The van der Waals surface area contributed by atoms with Gasteiger partial charge in [-0.15, -0.1) is 0 Å². The van der Waals surface area contributed by atoms with Gasteiger partial charge >= 0.3 is 0 Å². The van der Waals surface area contributed by atoms with Crippen molar-refractivity contribution in [2.75, 3.05) is 44.1 Å². The summed E-state index contributed by atoms with van der Waals surface area (Å²) in [5.74, 6) is 2.58. The van der Waals surface area contributed by atoms with Gasteiger partial charge in [-0.05, 0) is 13.3 Å². The average Bonchev–Trinajstić information content (AvgIpc) is 2.49. The van der Waals surface area contributed by atoms with E-state index >= 15 is 0 Å². The summed E-state index contributed by atoms with van der Waals surface area (Å²) in [5, 5.41) is 12.0. The molecule has 0 radical (unpaired) electrons. The maximum atomic E-state index is 8.84. The van der Waals surface area contributed by atoms with E-state index in [1.165, 1.54) is 0 Å². The van der Waals surface area contributed by atoms with Gasteiger partial charge in [0.15, 0.2) is 0 Å². The molecule has 1 aromatic heterocycles. The van der Waals surface area contributed by atoms with Crippen LogP contribution in [0, 0.1) is 18.3 Å². The number of methoxy groups -OCH3 is 1. The van der Waals surface area contributed by atoms with E-state index in [0.717, 1.165) is 35.9 Å². The fourth-order valence-corrected chi connectivity index (χ4v) is 2.15. The Morgan fingerprint density at radius 2 is 2.10 bits per heavy atom. The zero-order valence-electron chi connectivity index (χ0n) is 13.4. The summed E-state index contributed by atoms with van der Waals surface area (Å²) in [6, 6.07) is 2.19. The third kappa shape index (κ3) is 4.87. The molecule has 0 saturated carbocycles. The van der Waals surface area contributed by atoms with Crippen LogP contribution in [-0.4, -0.2) is 43.8 Å². The van der Waals surface area contributed by atoms with Crippen LogP contribution in [-0.2, 0) is 11.2 Å². The summed E-state index contributed by atoms with van der Waals surface area (Å²) < 4.78 is 5.16. The molecule has 1 rings (SSSR count). The van der Waals surface area contributed by atoms with Crippen molar-refractivity contribution in [3.63, 3.8) is 0 Å². The van der Waals surface area contributed by atoms with Crippen LogP contribution in [0.15, 0.2) is 0 Å². The van der Waals surface area contributed by atoms with Gasteiger partial charge in [0.2, 0.25) is 0 Å². The first-order chi connectivity index (χ1) is 10.2. The molecule has 0 atom stereocenters. The molecule has 1 heterocycles. The Morgan fingerprint density at radius 1 is 1.33 bits per heavy atom. The maximum absolute atomic E-state index is 8.84. The van der Waals surface area contributed by atoms with Gasteiger partial charge in [-0.2, -0.15) is 5.26 Å². The molecule has 6 nitrogen and oxygen atoms in total. The molecule has 0 aliphatic heterocycles. The maximum Gasteiger partial charge on any atom is 0.137 e. The minimum Gasteiger partial charge on any atom is -0.383 e. The monoisotopic (exact) mass is 291 g/mol. The lowest BCUT2D eigenvalue weighted by Gasteiger charge is -2.25. The van der Waals surface area contributed by atoms with Crippen LogP contribution in [0.3, 0.4) is 0 Å². The summed E-state index contributed by atoms with van der Waals surface area (Å²) in [4.78, 5) is 11.3. The van der Waals surface area contributed by atoms with Gasteiger partial charge in [-0.25, -0.2) is 9.97 Å². The number of nitrogens with zero attached hydrogens (tertiary/aromatic N) is 4. The van der Waals surface area contributed by atoms with Gasteiger partial charge in [0, 0.05) is 39.2 Å². The van der Waals surface area contributed by atoms with E-state index in [1.807, 2.05) is 14.0 Å². The molecule has 0 aliphatic carbocycles. The van der Waals surface area contributed by atoms with E-state index in [9.17, 15) is 0 Å². The molecule has 0 amide bonds. The Morgan fingerprint density at radius 3 is 2.67 bits per heavy atom. The summed E-state index contributed by atoms with van der Waals surface area (Å²) >= 11 is 0. The second-order valence-electron chi connectivity index (χ2n) is 4.83. The van der Waals surface area contributed by atoms with Gasteiger partial charge in [-0.1, -0.05) is 6.92 Å². The molecular weight excluding hydrogens is 266 g/mol. The lowest BCUT2D eigenvalue weighted by atomic mass is 10.2. The predicted octanol–water partition coefficient (Wildman–Crippen LogP) is 2.15. The first-order valence-electron chi connectivity index (χ1n) is 7.34. The topological polar surface area (TPSA) is 74.1 Å². The van der Waals surface area contributed by atoms with E-state index in [4.69, 9.17) is 10.00 Å². The summed E-state index contributed by atoms with van der Waals surface area (Å²) in [7, 11) is 3.54. The Hall–Kier alpha value is -1.87. The summed E-state index contributed by atoms with van der Waals surface area (Å²) in [6.07, 6.45) is 2.31. The molecule has 1 aromatic rings. The van der Waals surface area contributed by atoms with Gasteiger partial charge < -0.3 is 15.0 Å². The molecule has 0 fully saturated rings. The van der Waals surface area contributed by atoms with Gasteiger partial charge in [0.05, 0.1) is 19.1 Å². The van der Waals surface area contributed by atoms with Crippen LogP contribution < -0.4 is 10.2 Å². The molecule has 21 heavy (non-hydrogen) atoms. The van der Waals surface area contributed by atoms with Crippen LogP contribution in [0.4, 0.5) is 11.6 Å². The zero-order chi connectivity index (χ0) is 15.7. The predicted molar refractivity (Wildman–Crippen MR) is 84.6 cm³/mol. The number of nitriles is 1. The third-order valence-corrected chi connectivity index (χ3v) is 3.24. The molecule has 116 valence electrons. The highest BCUT2D eigenvalue weighted by Crippen LogP contribution is 2.24. The molecule has 0 unspecified atom stereocenters. The molecule has 0 aliphatic rings. The van der Waals surface area contributed by atoms with E-state index < -0.39 is 0 Å². The number of aromatic nitrogens is 2. The van der Waals surface area contributed by atoms with Crippen molar-refractivity contribution in [2.24, 2.45) is 0 Å². The van der Waals surface area contributed by atoms with Crippen molar-refractivity contribution in [1.29, 1.82) is 5.26 Å². The molecule has 0 saturated heterocycles. The molecular formula is C15H25N5O. The van der Waals surface area contributed by atoms with E-state index in [-0.39, 0.29) is 0 Å². The Labute approximate surface area is 127 Å². The Kier molecular flexibility index (Phi) is 7.48. The number of rotatable bonds is 9. The largest absolute Gasteiger partial charge is 0.383 e. The average molecular weight is 291 g/mol. The highest BCUT2D eigenvalue weighted by molar-refractivity contribution is 5.58. The van der Waals surface area contributed by atoms with E-state index in [0.29, 0.717) is 26.1 Å². The molecule has 0 bridgehead atoms. The number of ether oxygens (including phenoxy) is 1. The fraction of sp³-hybridized carbons (Fsp3) is 0.667. The highest BCUT2D eigenvalue weighted by atomic mass is 16.5. The number of hydrogen-bond acceptors (Lipinski definition) is 6. The fourth-order valence-electron chi connectivity index (χ4n) is 2.15. The second-order valence-corrected chi connectivity index (χ2v) is 4.83. The first kappa shape index (κ1) is 17.2. The Balaban J connectivity index is 3.13. The standard InChI is InChI=1S/C15H25N5O/c1-5-7-13-18-14(17-3)12(2)15(19-13)20(9-6-8-16)10-11-21-4/h5-7,9-11H2,1-4H3,(H,17,18,19). The van der Waals surface area contributed by atoms with Gasteiger partial charge in [-0.3, -0.25) is 0 Å². The van der Waals surface area contributed by atoms with E-state index in [2.05, 4.69) is 33.2 Å². The Bertz CT molecular complexity index is 484. The van der Waals surface area contributed by atoms with E-state index in [1.54, 1.807) is 7.11 Å². The molecule has 6 heteroatoms. The summed E-state index contributed by atoms with van der Waals surface area (Å²) in [6.45, 7) is 6.08. The number of nitrogens with one attached hydrogen (secondary N) is 1. The van der Waals surface area contributed by atoms with Crippen LogP contribution in [0.1, 0.15) is 31.2 Å². The van der Waals surface area contributed by atoms with Crippen molar-refractivity contribution in [3.05, 3.63) is 11.4 Å². The number of aryl methyl sites for hydroxylation is 1. The zero-order valence-corrected chi connectivity index (χ0v) is 13.4. The summed E-state index contributed by atoms with van der Waals surface area (Å²) in [5.41, 5.74) is 1.01. The minimum absolute atomic E-state index is 0.463. The van der Waals surface area contributed by atoms with Crippen molar-refractivity contribution in [1.82, 2.24) is 9.97 Å².